The van der Waals surface area contributed by atoms with Crippen molar-refractivity contribution in [2.75, 3.05) is 19.0 Å². The summed E-state index contributed by atoms with van der Waals surface area (Å²) in [7, 11) is 3.96. The molecule has 1 saturated heterocycles. The fourth-order valence-electron chi connectivity index (χ4n) is 4.16. The van der Waals surface area contributed by atoms with Gasteiger partial charge in [0.2, 0.25) is 0 Å². The van der Waals surface area contributed by atoms with Gasteiger partial charge in [0, 0.05) is 19.8 Å². The summed E-state index contributed by atoms with van der Waals surface area (Å²) in [6.07, 6.45) is 7.85. The zero-order valence-electron chi connectivity index (χ0n) is 13.9. The number of fused-ring (bicyclic) bond motifs is 1. The van der Waals surface area contributed by atoms with E-state index in [2.05, 4.69) is 17.3 Å². The highest BCUT2D eigenvalue weighted by atomic mass is 16.2. The van der Waals surface area contributed by atoms with Gasteiger partial charge in [0.1, 0.15) is 0 Å². The zero-order chi connectivity index (χ0) is 16.8. The van der Waals surface area contributed by atoms with E-state index in [0.29, 0.717) is 0 Å². The SMILES string of the molecule is CN(C)c1ccc(/C=N\N2C(=O)[C@@H]3[C@H](C2=O)[C@@H]2C=C[C@H]3CC2)cc1. The maximum Gasteiger partial charge on any atom is 0.254 e. The van der Waals surface area contributed by atoms with Gasteiger partial charge in [-0.3, -0.25) is 9.59 Å². The lowest BCUT2D eigenvalue weighted by Gasteiger charge is -2.37. The first-order valence-electron chi connectivity index (χ1n) is 8.44. The zero-order valence-corrected chi connectivity index (χ0v) is 13.9. The molecule has 124 valence electrons. The largest absolute Gasteiger partial charge is 0.378 e. The quantitative estimate of drug-likeness (QED) is 0.487. The Morgan fingerprint density at radius 3 is 2.00 bits per heavy atom. The lowest BCUT2D eigenvalue weighted by molar-refractivity contribution is -0.140. The lowest BCUT2D eigenvalue weighted by Crippen LogP contribution is -2.38. The van der Waals surface area contributed by atoms with Crippen LogP contribution in [0.5, 0.6) is 0 Å². The van der Waals surface area contributed by atoms with Crippen molar-refractivity contribution < 1.29 is 9.59 Å². The van der Waals surface area contributed by atoms with Crippen LogP contribution < -0.4 is 4.90 Å². The molecule has 24 heavy (non-hydrogen) atoms. The molecule has 3 aliphatic carbocycles. The Kier molecular flexibility index (Phi) is 3.52. The Labute approximate surface area is 141 Å². The van der Waals surface area contributed by atoms with E-state index < -0.39 is 0 Å². The molecular formula is C19H21N3O2. The van der Waals surface area contributed by atoms with Gasteiger partial charge in [-0.05, 0) is 42.4 Å². The molecule has 5 rings (SSSR count). The number of carbonyl (C=O) groups excluding carboxylic acids is 2. The Hall–Kier alpha value is -2.43. The van der Waals surface area contributed by atoms with Gasteiger partial charge in [-0.2, -0.15) is 10.1 Å². The third kappa shape index (κ3) is 2.27. The summed E-state index contributed by atoms with van der Waals surface area (Å²) in [5.74, 6) is -0.258. The number of carbonyl (C=O) groups is 2. The summed E-state index contributed by atoms with van der Waals surface area (Å²) in [4.78, 5) is 27.3. The molecule has 0 N–H and O–H groups in total. The van der Waals surface area contributed by atoms with Crippen LogP contribution in [-0.4, -0.2) is 37.1 Å². The van der Waals surface area contributed by atoms with Crippen LogP contribution in [0, 0.1) is 23.7 Å². The van der Waals surface area contributed by atoms with Crippen LogP contribution in [0.4, 0.5) is 5.69 Å². The number of hydrogen-bond acceptors (Lipinski definition) is 4. The first kappa shape index (κ1) is 15.1. The van der Waals surface area contributed by atoms with Crippen molar-refractivity contribution in [1.82, 2.24) is 5.01 Å². The van der Waals surface area contributed by atoms with E-state index in [0.717, 1.165) is 29.1 Å². The number of rotatable bonds is 3. The predicted molar refractivity (Wildman–Crippen MR) is 92.6 cm³/mol. The third-order valence-corrected chi connectivity index (χ3v) is 5.47. The van der Waals surface area contributed by atoms with Gasteiger partial charge in [0.05, 0.1) is 18.1 Å². The summed E-state index contributed by atoms with van der Waals surface area (Å²) in [6, 6.07) is 7.84. The molecular weight excluding hydrogens is 302 g/mol. The molecule has 5 heteroatoms. The van der Waals surface area contributed by atoms with E-state index in [9.17, 15) is 9.59 Å². The van der Waals surface area contributed by atoms with Crippen LogP contribution >= 0.6 is 0 Å². The van der Waals surface area contributed by atoms with E-state index in [1.54, 1.807) is 6.21 Å². The van der Waals surface area contributed by atoms with Gasteiger partial charge < -0.3 is 4.90 Å². The molecule has 0 radical (unpaired) electrons. The smallest absolute Gasteiger partial charge is 0.254 e. The van der Waals surface area contributed by atoms with Gasteiger partial charge in [0.15, 0.2) is 0 Å². The number of anilines is 1. The highest BCUT2D eigenvalue weighted by Crippen LogP contribution is 2.49. The van der Waals surface area contributed by atoms with Gasteiger partial charge in [-0.15, -0.1) is 0 Å². The highest BCUT2D eigenvalue weighted by Gasteiger charge is 2.56. The maximum atomic E-state index is 12.7. The first-order valence-corrected chi connectivity index (χ1v) is 8.44. The van der Waals surface area contributed by atoms with Gasteiger partial charge in [-0.1, -0.05) is 24.3 Å². The molecule has 0 unspecified atom stereocenters. The van der Waals surface area contributed by atoms with Crippen LogP contribution in [-0.2, 0) is 9.59 Å². The molecule has 1 heterocycles. The summed E-state index contributed by atoms with van der Waals surface area (Å²) < 4.78 is 0. The second-order valence-electron chi connectivity index (χ2n) is 7.06. The number of hydrazone groups is 1. The maximum absolute atomic E-state index is 12.7. The molecule has 0 aromatic heterocycles. The Morgan fingerprint density at radius 1 is 1.00 bits per heavy atom. The summed E-state index contributed by atoms with van der Waals surface area (Å²) in [5, 5.41) is 5.32. The van der Waals surface area contributed by atoms with Crippen molar-refractivity contribution in [3.05, 3.63) is 42.0 Å². The Balaban J connectivity index is 1.55. The second-order valence-corrected chi connectivity index (χ2v) is 7.06. The second kappa shape index (κ2) is 5.58. The molecule has 5 nitrogen and oxygen atoms in total. The van der Waals surface area contributed by atoms with E-state index in [1.807, 2.05) is 43.3 Å². The molecule has 2 bridgehead atoms. The van der Waals surface area contributed by atoms with Gasteiger partial charge in [0.25, 0.3) is 11.8 Å². The summed E-state index contributed by atoms with van der Waals surface area (Å²) in [5.41, 5.74) is 1.96. The van der Waals surface area contributed by atoms with Gasteiger partial charge in [-0.25, -0.2) is 0 Å². The number of nitrogens with zero attached hydrogens (tertiary/aromatic N) is 3. The Bertz CT molecular complexity index is 703. The van der Waals surface area contributed by atoms with Crippen molar-refractivity contribution in [3.63, 3.8) is 0 Å². The average molecular weight is 323 g/mol. The van der Waals surface area contributed by atoms with Gasteiger partial charge >= 0.3 is 0 Å². The lowest BCUT2D eigenvalue weighted by atomic mass is 9.63. The Morgan fingerprint density at radius 2 is 1.54 bits per heavy atom. The van der Waals surface area contributed by atoms with E-state index in [-0.39, 0.29) is 35.5 Å². The minimum atomic E-state index is -0.200. The number of amides is 2. The summed E-state index contributed by atoms with van der Waals surface area (Å²) in [6.45, 7) is 0. The van der Waals surface area contributed by atoms with Crippen molar-refractivity contribution in [3.8, 4) is 0 Å². The normalized spacial score (nSPS) is 31.2. The molecule has 4 atom stereocenters. The van der Waals surface area contributed by atoms with Crippen molar-refractivity contribution in [2.45, 2.75) is 12.8 Å². The van der Waals surface area contributed by atoms with Crippen LogP contribution in [0.2, 0.25) is 0 Å². The van der Waals surface area contributed by atoms with Crippen LogP contribution in [0.3, 0.4) is 0 Å². The molecule has 0 spiro atoms. The van der Waals surface area contributed by atoms with Crippen LogP contribution in [0.25, 0.3) is 0 Å². The average Bonchev–Trinajstić information content (AvgIpc) is 2.87. The van der Waals surface area contributed by atoms with E-state index in [1.165, 1.54) is 0 Å². The van der Waals surface area contributed by atoms with Crippen molar-refractivity contribution in [1.29, 1.82) is 0 Å². The molecule has 1 aliphatic heterocycles. The molecule has 2 fully saturated rings. The molecule has 1 aromatic carbocycles. The monoisotopic (exact) mass is 323 g/mol. The number of allylic oxidation sites excluding steroid dienone is 2. The predicted octanol–water partition coefficient (Wildman–Crippen LogP) is 2.28. The topological polar surface area (TPSA) is 53.0 Å². The minimum Gasteiger partial charge on any atom is -0.378 e. The first-order chi connectivity index (χ1) is 11.6. The molecule has 1 aromatic rings. The fraction of sp³-hybridized carbons (Fsp3) is 0.421. The fourth-order valence-corrected chi connectivity index (χ4v) is 4.16. The third-order valence-electron chi connectivity index (χ3n) is 5.47. The van der Waals surface area contributed by atoms with E-state index in [4.69, 9.17) is 0 Å². The standard InChI is InChI=1S/C19H21N3O2/c1-21(2)15-9-3-12(4-10-15)11-20-22-18(23)16-13-5-6-14(8-7-13)17(16)19(22)24/h3-6,9-11,13-14,16-17H,7-8H2,1-2H3/b20-11-/t13-,14+,16-,17+. The number of imide groups is 1. The summed E-state index contributed by atoms with van der Waals surface area (Å²) >= 11 is 0. The van der Waals surface area contributed by atoms with Crippen LogP contribution in [0.15, 0.2) is 41.5 Å². The number of benzene rings is 1. The highest BCUT2D eigenvalue weighted by molar-refractivity contribution is 6.06. The van der Waals surface area contributed by atoms with Crippen LogP contribution in [0.1, 0.15) is 18.4 Å². The molecule has 4 aliphatic rings. The van der Waals surface area contributed by atoms with E-state index >= 15 is 0 Å². The molecule has 1 saturated carbocycles. The number of hydrogen-bond donors (Lipinski definition) is 0. The molecule has 2 amide bonds. The van der Waals surface area contributed by atoms with Crippen molar-refractivity contribution in [2.24, 2.45) is 28.8 Å². The van der Waals surface area contributed by atoms with Crippen molar-refractivity contribution >= 4 is 23.7 Å². The minimum absolute atomic E-state index is 0.134.